The van der Waals surface area contributed by atoms with E-state index >= 15 is 0 Å². The molecule has 2 heteroatoms. The van der Waals surface area contributed by atoms with Crippen molar-refractivity contribution in [2.24, 2.45) is 0 Å². The van der Waals surface area contributed by atoms with Crippen molar-refractivity contribution in [1.29, 1.82) is 5.26 Å². The fourth-order valence-corrected chi connectivity index (χ4v) is 1.61. The second-order valence-corrected chi connectivity index (χ2v) is 3.85. The summed E-state index contributed by atoms with van der Waals surface area (Å²) in [6, 6.07) is 17.5. The van der Waals surface area contributed by atoms with Crippen molar-refractivity contribution in [3.63, 3.8) is 0 Å². The molecule has 0 aromatic heterocycles. The minimum Gasteiger partial charge on any atom is -0.489 e. The molecule has 0 N–H and O–H groups in total. The summed E-state index contributed by atoms with van der Waals surface area (Å²) < 4.78 is 5.66. The maximum atomic E-state index is 8.78. The van der Waals surface area contributed by atoms with E-state index in [0.29, 0.717) is 12.2 Å². The van der Waals surface area contributed by atoms with E-state index in [9.17, 15) is 0 Å². The van der Waals surface area contributed by atoms with Gasteiger partial charge in [0.2, 0.25) is 0 Å². The average Bonchev–Trinajstić information content (AvgIpc) is 2.38. The van der Waals surface area contributed by atoms with Crippen LogP contribution in [0.2, 0.25) is 0 Å². The summed E-state index contributed by atoms with van der Waals surface area (Å²) >= 11 is 0. The Balaban J connectivity index is 2.08. The number of hydrogen-bond acceptors (Lipinski definition) is 2. The molecule has 84 valence electrons. The van der Waals surface area contributed by atoms with Crippen LogP contribution in [0.4, 0.5) is 0 Å². The number of nitriles is 1. The molecule has 0 saturated carbocycles. The third kappa shape index (κ3) is 2.85. The minimum absolute atomic E-state index is 0.529. The second kappa shape index (κ2) is 5.18. The van der Waals surface area contributed by atoms with Gasteiger partial charge in [-0.05, 0) is 42.3 Å². The van der Waals surface area contributed by atoms with Gasteiger partial charge in [-0.2, -0.15) is 5.26 Å². The summed E-state index contributed by atoms with van der Waals surface area (Å²) in [5, 5.41) is 8.78. The molecular formula is C15H13NO. The van der Waals surface area contributed by atoms with E-state index in [1.165, 1.54) is 0 Å². The zero-order valence-corrected chi connectivity index (χ0v) is 9.68. The fraction of sp³-hybridized carbons (Fsp3) is 0.133. The van der Waals surface area contributed by atoms with Gasteiger partial charge in [-0.1, -0.05) is 24.3 Å². The Morgan fingerprint density at radius 1 is 1.12 bits per heavy atom. The Morgan fingerprint density at radius 3 is 2.53 bits per heavy atom. The molecular weight excluding hydrogens is 210 g/mol. The first-order chi connectivity index (χ1) is 8.29. The maximum Gasteiger partial charge on any atom is 0.119 e. The molecule has 0 bridgehead atoms. The summed E-state index contributed by atoms with van der Waals surface area (Å²) in [4.78, 5) is 0. The van der Waals surface area contributed by atoms with Crippen molar-refractivity contribution in [3.8, 4) is 11.8 Å². The number of para-hydroxylation sites is 1. The van der Waals surface area contributed by atoms with Crippen LogP contribution in [-0.2, 0) is 6.61 Å². The molecule has 0 atom stereocenters. The van der Waals surface area contributed by atoms with Gasteiger partial charge < -0.3 is 4.74 Å². The van der Waals surface area contributed by atoms with E-state index in [1.807, 2.05) is 55.5 Å². The van der Waals surface area contributed by atoms with Gasteiger partial charge in [0.1, 0.15) is 12.4 Å². The monoisotopic (exact) mass is 223 g/mol. The van der Waals surface area contributed by atoms with Crippen LogP contribution < -0.4 is 4.74 Å². The predicted octanol–water partition coefficient (Wildman–Crippen LogP) is 3.45. The van der Waals surface area contributed by atoms with E-state index in [4.69, 9.17) is 10.00 Å². The van der Waals surface area contributed by atoms with Crippen molar-refractivity contribution in [2.45, 2.75) is 13.5 Å². The molecule has 2 aromatic rings. The molecule has 0 unspecified atom stereocenters. The molecule has 17 heavy (non-hydrogen) atoms. The van der Waals surface area contributed by atoms with Gasteiger partial charge in [0.05, 0.1) is 11.6 Å². The van der Waals surface area contributed by atoms with Gasteiger partial charge in [-0.25, -0.2) is 0 Å². The first-order valence-corrected chi connectivity index (χ1v) is 5.47. The third-order valence-electron chi connectivity index (χ3n) is 2.61. The van der Waals surface area contributed by atoms with E-state index in [0.717, 1.165) is 16.9 Å². The van der Waals surface area contributed by atoms with Crippen LogP contribution in [0.15, 0.2) is 48.5 Å². The highest BCUT2D eigenvalue weighted by atomic mass is 16.5. The van der Waals surface area contributed by atoms with Gasteiger partial charge in [0, 0.05) is 0 Å². The summed E-state index contributed by atoms with van der Waals surface area (Å²) in [5.74, 6) is 0.858. The Hall–Kier alpha value is -2.27. The molecule has 0 spiro atoms. The number of nitrogens with zero attached hydrogens (tertiary/aromatic N) is 1. The second-order valence-electron chi connectivity index (χ2n) is 3.85. The molecule has 0 saturated heterocycles. The zero-order chi connectivity index (χ0) is 12.1. The lowest BCUT2D eigenvalue weighted by molar-refractivity contribution is 0.305. The lowest BCUT2D eigenvalue weighted by Gasteiger charge is -2.08. The van der Waals surface area contributed by atoms with Crippen LogP contribution in [-0.4, -0.2) is 0 Å². The van der Waals surface area contributed by atoms with Crippen molar-refractivity contribution in [3.05, 3.63) is 65.2 Å². The smallest absolute Gasteiger partial charge is 0.119 e. The Morgan fingerprint density at radius 2 is 1.88 bits per heavy atom. The van der Waals surface area contributed by atoms with E-state index in [1.54, 1.807) is 0 Å². The van der Waals surface area contributed by atoms with Crippen molar-refractivity contribution >= 4 is 0 Å². The summed E-state index contributed by atoms with van der Waals surface area (Å²) in [6.07, 6.45) is 0. The molecule has 2 aromatic carbocycles. The molecule has 0 amide bonds. The summed E-state index contributed by atoms with van der Waals surface area (Å²) in [6.45, 7) is 2.52. The Labute approximate surface area is 101 Å². The van der Waals surface area contributed by atoms with Gasteiger partial charge in [-0.3, -0.25) is 0 Å². The Bertz CT molecular complexity index is 541. The lowest BCUT2D eigenvalue weighted by Crippen LogP contribution is -1.98. The van der Waals surface area contributed by atoms with Crippen molar-refractivity contribution < 1.29 is 4.74 Å². The van der Waals surface area contributed by atoms with Crippen LogP contribution >= 0.6 is 0 Å². The molecule has 0 heterocycles. The zero-order valence-electron chi connectivity index (χ0n) is 9.68. The van der Waals surface area contributed by atoms with E-state index < -0.39 is 0 Å². The number of hydrogen-bond donors (Lipinski definition) is 0. The molecule has 2 rings (SSSR count). The standard InChI is InChI=1S/C15H13NO/c1-12-9-13(10-16)7-8-14(12)11-17-15-5-3-2-4-6-15/h2-9H,11H2,1H3. The van der Waals surface area contributed by atoms with Gasteiger partial charge >= 0.3 is 0 Å². The third-order valence-corrected chi connectivity index (χ3v) is 2.61. The SMILES string of the molecule is Cc1cc(C#N)ccc1COc1ccccc1. The van der Waals surface area contributed by atoms with Crippen LogP contribution in [0.1, 0.15) is 16.7 Å². The van der Waals surface area contributed by atoms with Gasteiger partial charge in [0.25, 0.3) is 0 Å². The van der Waals surface area contributed by atoms with E-state index in [2.05, 4.69) is 6.07 Å². The summed E-state index contributed by atoms with van der Waals surface area (Å²) in [5.41, 5.74) is 2.87. The maximum absolute atomic E-state index is 8.78. The lowest BCUT2D eigenvalue weighted by atomic mass is 10.1. The fourth-order valence-electron chi connectivity index (χ4n) is 1.61. The van der Waals surface area contributed by atoms with Gasteiger partial charge in [0.15, 0.2) is 0 Å². The predicted molar refractivity (Wildman–Crippen MR) is 66.7 cm³/mol. The highest BCUT2D eigenvalue weighted by Gasteiger charge is 2.01. The molecule has 0 aliphatic carbocycles. The van der Waals surface area contributed by atoms with Crippen LogP contribution in [0.3, 0.4) is 0 Å². The number of benzene rings is 2. The van der Waals surface area contributed by atoms with Crippen LogP contribution in [0.5, 0.6) is 5.75 Å². The number of aryl methyl sites for hydroxylation is 1. The topological polar surface area (TPSA) is 33.0 Å². The normalized spacial score (nSPS) is 9.65. The van der Waals surface area contributed by atoms with E-state index in [-0.39, 0.29) is 0 Å². The molecule has 0 aliphatic heterocycles. The Kier molecular flexibility index (Phi) is 3.42. The van der Waals surface area contributed by atoms with Gasteiger partial charge in [-0.15, -0.1) is 0 Å². The summed E-state index contributed by atoms with van der Waals surface area (Å²) in [7, 11) is 0. The average molecular weight is 223 g/mol. The van der Waals surface area contributed by atoms with Crippen molar-refractivity contribution in [2.75, 3.05) is 0 Å². The number of rotatable bonds is 3. The van der Waals surface area contributed by atoms with Crippen molar-refractivity contribution in [1.82, 2.24) is 0 Å². The highest BCUT2D eigenvalue weighted by Crippen LogP contribution is 2.15. The largest absolute Gasteiger partial charge is 0.489 e. The quantitative estimate of drug-likeness (QED) is 0.798. The first kappa shape index (κ1) is 11.2. The molecule has 2 nitrogen and oxygen atoms in total. The molecule has 0 fully saturated rings. The molecule has 0 radical (unpaired) electrons. The minimum atomic E-state index is 0.529. The number of ether oxygens (including phenoxy) is 1. The highest BCUT2D eigenvalue weighted by molar-refractivity contribution is 5.37. The molecule has 0 aliphatic rings. The van der Waals surface area contributed by atoms with Crippen LogP contribution in [0.25, 0.3) is 0 Å². The van der Waals surface area contributed by atoms with Crippen LogP contribution in [0, 0.1) is 18.3 Å². The first-order valence-electron chi connectivity index (χ1n) is 5.47.